The number of rotatable bonds is 3. The summed E-state index contributed by atoms with van der Waals surface area (Å²) in [6.45, 7) is 0.717. The van der Waals surface area contributed by atoms with Gasteiger partial charge in [0.15, 0.2) is 0 Å². The number of H-pyrrole nitrogens is 1. The van der Waals surface area contributed by atoms with E-state index >= 15 is 0 Å². The fourth-order valence-corrected chi connectivity index (χ4v) is 3.29. The number of likely N-dealkylation sites (tertiary alicyclic amines) is 1. The lowest BCUT2D eigenvalue weighted by atomic mass is 10.1. The molecule has 1 saturated heterocycles. The molecule has 6 heteroatoms. The van der Waals surface area contributed by atoms with Crippen LogP contribution in [-0.2, 0) is 11.2 Å². The standard InChI is InChI=1S/C18H17FN4O/c19-13-5-6-14-15(10-13)22-18(21-14)16-4-2-8-23(16)17(24)9-12-3-1-7-20-11-12/h1,3,5-7,10-11,16H,2,4,8-9H2,(H,21,22)/t16-/m1/s1. The first-order valence-electron chi connectivity index (χ1n) is 8.04. The highest BCUT2D eigenvalue weighted by Crippen LogP contribution is 2.32. The second-order valence-electron chi connectivity index (χ2n) is 6.07. The van der Waals surface area contributed by atoms with Gasteiger partial charge >= 0.3 is 0 Å². The topological polar surface area (TPSA) is 61.9 Å². The summed E-state index contributed by atoms with van der Waals surface area (Å²) in [5.41, 5.74) is 2.29. The maximum Gasteiger partial charge on any atom is 0.227 e. The lowest BCUT2D eigenvalue weighted by Crippen LogP contribution is -2.32. The van der Waals surface area contributed by atoms with Crippen molar-refractivity contribution in [3.63, 3.8) is 0 Å². The van der Waals surface area contributed by atoms with Crippen molar-refractivity contribution >= 4 is 16.9 Å². The molecule has 0 aliphatic carbocycles. The summed E-state index contributed by atoms with van der Waals surface area (Å²) < 4.78 is 13.4. The smallest absolute Gasteiger partial charge is 0.227 e. The highest BCUT2D eigenvalue weighted by Gasteiger charge is 2.32. The van der Waals surface area contributed by atoms with Crippen LogP contribution in [0.1, 0.15) is 30.3 Å². The maximum absolute atomic E-state index is 13.4. The molecule has 122 valence electrons. The Morgan fingerprint density at radius 3 is 3.12 bits per heavy atom. The van der Waals surface area contributed by atoms with E-state index < -0.39 is 0 Å². The highest BCUT2D eigenvalue weighted by atomic mass is 19.1. The molecule has 0 radical (unpaired) electrons. The Balaban J connectivity index is 1.58. The molecule has 1 N–H and O–H groups in total. The minimum absolute atomic E-state index is 0.0668. The van der Waals surface area contributed by atoms with Crippen LogP contribution < -0.4 is 0 Å². The summed E-state index contributed by atoms with van der Waals surface area (Å²) in [4.78, 5) is 26.3. The molecular weight excluding hydrogens is 307 g/mol. The molecule has 24 heavy (non-hydrogen) atoms. The normalized spacial score (nSPS) is 17.5. The Hall–Kier alpha value is -2.76. The molecule has 0 unspecified atom stereocenters. The van der Waals surface area contributed by atoms with Crippen LogP contribution in [0.4, 0.5) is 4.39 Å². The minimum atomic E-state index is -0.298. The average molecular weight is 324 g/mol. The maximum atomic E-state index is 13.4. The number of hydrogen-bond acceptors (Lipinski definition) is 3. The van der Waals surface area contributed by atoms with E-state index in [9.17, 15) is 9.18 Å². The van der Waals surface area contributed by atoms with Crippen molar-refractivity contribution in [2.75, 3.05) is 6.54 Å². The third-order valence-corrected chi connectivity index (χ3v) is 4.43. The van der Waals surface area contributed by atoms with Gasteiger partial charge in [0.1, 0.15) is 11.6 Å². The zero-order valence-electron chi connectivity index (χ0n) is 13.1. The number of nitrogens with zero attached hydrogens (tertiary/aromatic N) is 3. The van der Waals surface area contributed by atoms with E-state index in [0.29, 0.717) is 11.9 Å². The van der Waals surface area contributed by atoms with Crippen LogP contribution >= 0.6 is 0 Å². The zero-order valence-corrected chi connectivity index (χ0v) is 13.1. The second kappa shape index (κ2) is 6.03. The van der Waals surface area contributed by atoms with Crippen LogP contribution in [0.25, 0.3) is 11.0 Å². The largest absolute Gasteiger partial charge is 0.340 e. The van der Waals surface area contributed by atoms with Crippen LogP contribution in [0.3, 0.4) is 0 Å². The van der Waals surface area contributed by atoms with E-state index in [1.165, 1.54) is 12.1 Å². The number of imidazole rings is 1. The lowest BCUT2D eigenvalue weighted by molar-refractivity contribution is -0.131. The Labute approximate surface area is 138 Å². The summed E-state index contributed by atoms with van der Waals surface area (Å²) in [5.74, 6) is 0.499. The van der Waals surface area contributed by atoms with Crippen molar-refractivity contribution in [1.29, 1.82) is 0 Å². The van der Waals surface area contributed by atoms with E-state index in [-0.39, 0.29) is 17.8 Å². The number of aromatic nitrogens is 3. The first kappa shape index (κ1) is 14.8. The Morgan fingerprint density at radius 2 is 2.29 bits per heavy atom. The predicted octanol–water partition coefficient (Wildman–Crippen LogP) is 3.00. The number of hydrogen-bond donors (Lipinski definition) is 1. The molecule has 0 spiro atoms. The molecule has 0 bridgehead atoms. The van der Waals surface area contributed by atoms with Crippen LogP contribution in [0.5, 0.6) is 0 Å². The number of carbonyl (C=O) groups is 1. The van der Waals surface area contributed by atoms with Gasteiger partial charge < -0.3 is 9.88 Å². The van der Waals surface area contributed by atoms with Gasteiger partial charge in [0.25, 0.3) is 0 Å². The molecule has 3 aromatic rings. The first-order chi connectivity index (χ1) is 11.7. The van der Waals surface area contributed by atoms with E-state index in [4.69, 9.17) is 0 Å². The summed E-state index contributed by atoms with van der Waals surface area (Å²) in [6.07, 6.45) is 5.54. The van der Waals surface area contributed by atoms with Gasteiger partial charge in [0.2, 0.25) is 5.91 Å². The molecule has 2 aromatic heterocycles. The summed E-state index contributed by atoms with van der Waals surface area (Å²) in [7, 11) is 0. The third-order valence-electron chi connectivity index (χ3n) is 4.43. The zero-order chi connectivity index (χ0) is 16.5. The molecular formula is C18H17FN4O. The number of benzene rings is 1. The molecule has 3 heterocycles. The molecule has 1 aliphatic rings. The molecule has 1 fully saturated rings. The average Bonchev–Trinajstić information content (AvgIpc) is 3.21. The highest BCUT2D eigenvalue weighted by molar-refractivity contribution is 5.80. The number of fused-ring (bicyclic) bond motifs is 1. The van der Waals surface area contributed by atoms with Gasteiger partial charge in [-0.05, 0) is 42.7 Å². The minimum Gasteiger partial charge on any atom is -0.340 e. The number of aromatic amines is 1. The fourth-order valence-electron chi connectivity index (χ4n) is 3.29. The van der Waals surface area contributed by atoms with Gasteiger partial charge in [-0.25, -0.2) is 9.37 Å². The Bertz CT molecular complexity index is 877. The van der Waals surface area contributed by atoms with Crippen molar-refractivity contribution in [1.82, 2.24) is 19.9 Å². The van der Waals surface area contributed by atoms with Crippen molar-refractivity contribution in [2.45, 2.75) is 25.3 Å². The summed E-state index contributed by atoms with van der Waals surface area (Å²) in [6, 6.07) is 8.14. The number of halogens is 1. The van der Waals surface area contributed by atoms with Crippen molar-refractivity contribution in [3.8, 4) is 0 Å². The second-order valence-corrected chi connectivity index (χ2v) is 6.07. The SMILES string of the molecule is O=C(Cc1cccnc1)N1CCC[C@@H]1c1nc2ccc(F)cc2[nH]1. The monoisotopic (exact) mass is 324 g/mol. The van der Waals surface area contributed by atoms with Gasteiger partial charge in [-0.15, -0.1) is 0 Å². The number of carbonyl (C=O) groups excluding carboxylic acids is 1. The molecule has 5 nitrogen and oxygen atoms in total. The summed E-state index contributed by atoms with van der Waals surface area (Å²) in [5, 5.41) is 0. The van der Waals surface area contributed by atoms with Crippen LogP contribution in [-0.4, -0.2) is 32.3 Å². The van der Waals surface area contributed by atoms with E-state index in [1.807, 2.05) is 17.0 Å². The molecule has 0 saturated carbocycles. The predicted molar refractivity (Wildman–Crippen MR) is 87.7 cm³/mol. The molecule has 1 amide bonds. The van der Waals surface area contributed by atoms with Crippen LogP contribution in [0.15, 0.2) is 42.7 Å². The lowest BCUT2D eigenvalue weighted by Gasteiger charge is -2.23. The fraction of sp³-hybridized carbons (Fsp3) is 0.278. The Kier molecular flexibility index (Phi) is 3.72. The van der Waals surface area contributed by atoms with E-state index in [1.54, 1.807) is 18.5 Å². The van der Waals surface area contributed by atoms with Crippen molar-refractivity contribution in [2.24, 2.45) is 0 Å². The quantitative estimate of drug-likeness (QED) is 0.805. The Morgan fingerprint density at radius 1 is 1.38 bits per heavy atom. The number of amides is 1. The first-order valence-corrected chi connectivity index (χ1v) is 8.04. The third kappa shape index (κ3) is 2.75. The van der Waals surface area contributed by atoms with Gasteiger partial charge in [-0.1, -0.05) is 6.07 Å². The van der Waals surface area contributed by atoms with Crippen molar-refractivity contribution in [3.05, 3.63) is 59.9 Å². The molecule has 1 aromatic carbocycles. The summed E-state index contributed by atoms with van der Waals surface area (Å²) >= 11 is 0. The van der Waals surface area contributed by atoms with Gasteiger partial charge in [-0.3, -0.25) is 9.78 Å². The van der Waals surface area contributed by atoms with E-state index in [2.05, 4.69) is 15.0 Å². The van der Waals surface area contributed by atoms with Crippen LogP contribution in [0.2, 0.25) is 0 Å². The molecule has 4 rings (SSSR count). The van der Waals surface area contributed by atoms with Crippen LogP contribution in [0, 0.1) is 5.82 Å². The number of nitrogens with one attached hydrogen (secondary N) is 1. The number of pyridine rings is 1. The van der Waals surface area contributed by atoms with E-state index in [0.717, 1.165) is 36.3 Å². The van der Waals surface area contributed by atoms with Crippen molar-refractivity contribution < 1.29 is 9.18 Å². The molecule has 1 aliphatic heterocycles. The van der Waals surface area contributed by atoms with Gasteiger partial charge in [-0.2, -0.15) is 0 Å². The molecule has 1 atom stereocenters. The van der Waals surface area contributed by atoms with Gasteiger partial charge in [0.05, 0.1) is 23.5 Å². The van der Waals surface area contributed by atoms with Gasteiger partial charge in [0, 0.05) is 18.9 Å².